The van der Waals surface area contributed by atoms with E-state index in [1.54, 1.807) is 7.11 Å². The Hall–Kier alpha value is -2.61. The second-order valence-electron chi connectivity index (χ2n) is 9.15. The number of carbonyl (C=O) groups is 2. The zero-order chi connectivity index (χ0) is 26.2. The maximum Gasteiger partial charge on any atom is 0.222 e. The number of aliphatic hydroxyl groups excluding tert-OH is 1. The number of nitrogens with one attached hydrogen (secondary N) is 2. The van der Waals surface area contributed by atoms with Gasteiger partial charge in [0.15, 0.2) is 0 Å². The van der Waals surface area contributed by atoms with Gasteiger partial charge in [-0.25, -0.2) is 0 Å². The third kappa shape index (κ3) is 12.5. The Bertz CT molecular complexity index is 907. The Balaban J connectivity index is 0.00000684. The van der Waals surface area contributed by atoms with E-state index in [1.807, 2.05) is 59.5 Å². The molecule has 0 saturated carbocycles. The summed E-state index contributed by atoms with van der Waals surface area (Å²) in [5.74, 6) is 0.747. The van der Waals surface area contributed by atoms with Gasteiger partial charge in [0.2, 0.25) is 11.8 Å². The number of rotatable bonds is 17. The van der Waals surface area contributed by atoms with E-state index >= 15 is 0 Å². The molecule has 37 heavy (non-hydrogen) atoms. The third-order valence-corrected chi connectivity index (χ3v) is 6.06. The van der Waals surface area contributed by atoms with Crippen molar-refractivity contribution >= 4 is 24.2 Å². The van der Waals surface area contributed by atoms with Crippen molar-refractivity contribution in [2.24, 2.45) is 0 Å². The Morgan fingerprint density at radius 2 is 1.65 bits per heavy atom. The molecule has 2 amide bonds. The fourth-order valence-electron chi connectivity index (χ4n) is 4.18. The molecule has 0 aliphatic heterocycles. The van der Waals surface area contributed by atoms with E-state index in [0.717, 1.165) is 42.8 Å². The van der Waals surface area contributed by atoms with Gasteiger partial charge in [-0.05, 0) is 48.9 Å². The predicted molar refractivity (Wildman–Crippen MR) is 151 cm³/mol. The van der Waals surface area contributed by atoms with Crippen LogP contribution >= 0.6 is 12.4 Å². The Morgan fingerprint density at radius 1 is 0.973 bits per heavy atom. The SMILES string of the molecule is CCCN(CCC)C(=O)CCCC(=O)N[C@@H](Cc1ccccc1)[C@H](O)CNCc1cccc(OC)c1.Cl. The predicted octanol–water partition coefficient (Wildman–Crippen LogP) is 4.11. The number of hydrogen-bond donors (Lipinski definition) is 3. The first-order chi connectivity index (χ1) is 17.5. The third-order valence-electron chi connectivity index (χ3n) is 6.06. The van der Waals surface area contributed by atoms with Crippen molar-refractivity contribution in [2.75, 3.05) is 26.7 Å². The second kappa shape index (κ2) is 18.6. The number of hydrogen-bond acceptors (Lipinski definition) is 5. The van der Waals surface area contributed by atoms with Crippen molar-refractivity contribution in [3.8, 4) is 5.75 Å². The minimum atomic E-state index is -0.772. The molecule has 0 heterocycles. The highest BCUT2D eigenvalue weighted by molar-refractivity contribution is 5.85. The van der Waals surface area contributed by atoms with E-state index in [0.29, 0.717) is 32.4 Å². The molecule has 0 aliphatic rings. The molecule has 206 valence electrons. The summed E-state index contributed by atoms with van der Waals surface area (Å²) in [6.07, 6.45) is 2.72. The van der Waals surface area contributed by atoms with Crippen LogP contribution in [0.2, 0.25) is 0 Å². The highest BCUT2D eigenvalue weighted by atomic mass is 35.5. The highest BCUT2D eigenvalue weighted by Gasteiger charge is 2.22. The molecule has 2 aromatic carbocycles. The van der Waals surface area contributed by atoms with Crippen LogP contribution in [-0.2, 0) is 22.6 Å². The van der Waals surface area contributed by atoms with Gasteiger partial charge in [0.25, 0.3) is 0 Å². The van der Waals surface area contributed by atoms with Crippen LogP contribution in [0.4, 0.5) is 0 Å². The summed E-state index contributed by atoms with van der Waals surface area (Å²) in [7, 11) is 1.63. The molecule has 8 heteroatoms. The van der Waals surface area contributed by atoms with Crippen molar-refractivity contribution in [1.29, 1.82) is 0 Å². The molecule has 0 aliphatic carbocycles. The topological polar surface area (TPSA) is 90.9 Å². The normalized spacial score (nSPS) is 12.2. The van der Waals surface area contributed by atoms with Crippen molar-refractivity contribution in [3.63, 3.8) is 0 Å². The minimum Gasteiger partial charge on any atom is -0.497 e. The number of methoxy groups -OCH3 is 1. The Kier molecular flexibility index (Phi) is 16.3. The molecule has 0 fully saturated rings. The first kappa shape index (κ1) is 32.4. The molecule has 0 saturated heterocycles. The van der Waals surface area contributed by atoms with Crippen LogP contribution in [-0.4, -0.2) is 60.7 Å². The smallest absolute Gasteiger partial charge is 0.222 e. The molecule has 0 bridgehead atoms. The first-order valence-electron chi connectivity index (χ1n) is 13.1. The fourth-order valence-corrected chi connectivity index (χ4v) is 4.18. The Labute approximate surface area is 228 Å². The Morgan fingerprint density at radius 3 is 2.30 bits per heavy atom. The van der Waals surface area contributed by atoms with E-state index in [9.17, 15) is 14.7 Å². The number of halogens is 1. The maximum absolute atomic E-state index is 12.7. The summed E-state index contributed by atoms with van der Waals surface area (Å²) in [6, 6.07) is 17.2. The molecule has 0 unspecified atom stereocenters. The number of benzene rings is 2. The van der Waals surface area contributed by atoms with E-state index in [-0.39, 0.29) is 30.6 Å². The van der Waals surface area contributed by atoms with Crippen molar-refractivity contribution < 1.29 is 19.4 Å². The van der Waals surface area contributed by atoms with Crippen LogP contribution in [0.1, 0.15) is 57.1 Å². The monoisotopic (exact) mass is 533 g/mol. The molecule has 2 aromatic rings. The molecule has 2 rings (SSSR count). The van der Waals surface area contributed by atoms with Gasteiger partial charge in [-0.3, -0.25) is 9.59 Å². The highest BCUT2D eigenvalue weighted by Crippen LogP contribution is 2.13. The van der Waals surface area contributed by atoms with Crippen LogP contribution in [0.15, 0.2) is 54.6 Å². The van der Waals surface area contributed by atoms with Crippen LogP contribution < -0.4 is 15.4 Å². The average Bonchev–Trinajstić information content (AvgIpc) is 2.88. The van der Waals surface area contributed by atoms with Gasteiger partial charge < -0.3 is 25.4 Å². The molecular formula is C29H44ClN3O4. The van der Waals surface area contributed by atoms with Crippen LogP contribution in [0.25, 0.3) is 0 Å². The number of nitrogens with zero attached hydrogens (tertiary/aromatic N) is 1. The van der Waals surface area contributed by atoms with E-state index in [1.165, 1.54) is 0 Å². The van der Waals surface area contributed by atoms with Gasteiger partial charge in [0.05, 0.1) is 19.3 Å². The first-order valence-corrected chi connectivity index (χ1v) is 13.1. The van der Waals surface area contributed by atoms with Crippen molar-refractivity contribution in [3.05, 3.63) is 65.7 Å². The van der Waals surface area contributed by atoms with Crippen LogP contribution in [0.5, 0.6) is 5.75 Å². The molecular weight excluding hydrogens is 490 g/mol. The summed E-state index contributed by atoms with van der Waals surface area (Å²) in [4.78, 5) is 27.1. The molecule has 0 radical (unpaired) electrons. The molecule has 2 atom stereocenters. The van der Waals surface area contributed by atoms with Crippen molar-refractivity contribution in [1.82, 2.24) is 15.5 Å². The van der Waals surface area contributed by atoms with Gasteiger partial charge in [0.1, 0.15) is 5.75 Å². The lowest BCUT2D eigenvalue weighted by atomic mass is 10.0. The summed E-state index contributed by atoms with van der Waals surface area (Å²) in [5.41, 5.74) is 2.09. The lowest BCUT2D eigenvalue weighted by Gasteiger charge is -2.25. The molecule has 3 N–H and O–H groups in total. The van der Waals surface area contributed by atoms with Gasteiger partial charge in [-0.15, -0.1) is 12.4 Å². The summed E-state index contributed by atoms with van der Waals surface area (Å²) in [6.45, 7) is 6.55. The lowest BCUT2D eigenvalue weighted by molar-refractivity contribution is -0.131. The zero-order valence-corrected chi connectivity index (χ0v) is 23.3. The summed E-state index contributed by atoms with van der Waals surface area (Å²) in [5, 5.41) is 17.2. The van der Waals surface area contributed by atoms with Crippen LogP contribution in [0, 0.1) is 0 Å². The summed E-state index contributed by atoms with van der Waals surface area (Å²) < 4.78 is 5.27. The number of carbonyl (C=O) groups excluding carboxylic acids is 2. The number of amides is 2. The van der Waals surface area contributed by atoms with E-state index < -0.39 is 12.1 Å². The standard InChI is InChI=1S/C29H43N3O4.ClH/c1-4-17-32(18-5-2)29(35)16-10-15-28(34)31-26(20-23-11-7-6-8-12-23)27(33)22-30-21-24-13-9-14-25(19-24)36-3;/h6-9,11-14,19,26-27,30,33H,4-5,10,15-18,20-22H2,1-3H3,(H,31,34);1H/t26-,27+;/m0./s1. The summed E-state index contributed by atoms with van der Waals surface area (Å²) >= 11 is 0. The molecule has 0 spiro atoms. The van der Waals surface area contributed by atoms with E-state index in [4.69, 9.17) is 4.74 Å². The molecule has 0 aromatic heterocycles. The zero-order valence-electron chi connectivity index (χ0n) is 22.4. The van der Waals surface area contributed by atoms with E-state index in [2.05, 4.69) is 24.5 Å². The molecule has 7 nitrogen and oxygen atoms in total. The number of aliphatic hydroxyl groups is 1. The minimum absolute atomic E-state index is 0. The second-order valence-corrected chi connectivity index (χ2v) is 9.15. The van der Waals surface area contributed by atoms with Gasteiger partial charge in [0, 0.05) is 39.0 Å². The fraction of sp³-hybridized carbons (Fsp3) is 0.517. The largest absolute Gasteiger partial charge is 0.497 e. The van der Waals surface area contributed by atoms with Gasteiger partial charge in [-0.1, -0.05) is 56.3 Å². The quantitative estimate of drug-likeness (QED) is 0.284. The van der Waals surface area contributed by atoms with Crippen molar-refractivity contribution in [2.45, 2.75) is 71.1 Å². The van der Waals surface area contributed by atoms with Crippen LogP contribution in [0.3, 0.4) is 0 Å². The maximum atomic E-state index is 12.7. The lowest BCUT2D eigenvalue weighted by Crippen LogP contribution is -2.48. The van der Waals surface area contributed by atoms with Gasteiger partial charge >= 0.3 is 0 Å². The number of ether oxygens (including phenoxy) is 1. The average molecular weight is 534 g/mol. The van der Waals surface area contributed by atoms with Gasteiger partial charge in [-0.2, -0.15) is 0 Å².